The number of halogens is 2. The third-order valence-corrected chi connectivity index (χ3v) is 3.99. The van der Waals surface area contributed by atoms with E-state index in [2.05, 4.69) is 0 Å². The van der Waals surface area contributed by atoms with E-state index in [-0.39, 0.29) is 11.2 Å². The van der Waals surface area contributed by atoms with Gasteiger partial charge in [-0.3, -0.25) is 0 Å². The summed E-state index contributed by atoms with van der Waals surface area (Å²) in [6.45, 7) is 2.42. The molecule has 2 rings (SSSR count). The summed E-state index contributed by atoms with van der Waals surface area (Å²) in [6, 6.07) is 13.4. The Morgan fingerprint density at radius 2 is 1.75 bits per heavy atom. The number of hydrogen-bond acceptors (Lipinski definition) is 1. The molecule has 20 heavy (non-hydrogen) atoms. The Balaban J connectivity index is 2.42. The zero-order valence-corrected chi connectivity index (χ0v) is 11.6. The van der Waals surface area contributed by atoms with Crippen molar-refractivity contribution in [2.24, 2.45) is 5.73 Å². The van der Waals surface area contributed by atoms with Crippen LogP contribution < -0.4 is 5.73 Å². The minimum absolute atomic E-state index is 0.365. The highest BCUT2D eigenvalue weighted by molar-refractivity contribution is 5.31. The molecule has 3 heteroatoms. The maximum atomic E-state index is 13.9. The molecule has 2 aromatic rings. The van der Waals surface area contributed by atoms with E-state index in [1.807, 2.05) is 37.3 Å². The molecule has 2 N–H and O–H groups in total. The molecule has 0 spiro atoms. The van der Waals surface area contributed by atoms with Crippen molar-refractivity contribution in [1.29, 1.82) is 0 Å². The molecule has 0 amide bonds. The Morgan fingerprint density at radius 1 is 1.05 bits per heavy atom. The lowest BCUT2D eigenvalue weighted by molar-refractivity contribution is 0.409. The minimum atomic E-state index is -0.420. The van der Waals surface area contributed by atoms with Crippen molar-refractivity contribution in [2.75, 3.05) is 6.54 Å². The van der Waals surface area contributed by atoms with E-state index < -0.39 is 5.82 Å². The molecular weight excluding hydrogens is 256 g/mol. The third-order valence-electron chi connectivity index (χ3n) is 3.99. The van der Waals surface area contributed by atoms with Gasteiger partial charge in [0, 0.05) is 12.0 Å². The van der Waals surface area contributed by atoms with Crippen molar-refractivity contribution in [3.8, 4) is 0 Å². The molecule has 0 saturated heterocycles. The quantitative estimate of drug-likeness (QED) is 0.882. The van der Waals surface area contributed by atoms with E-state index in [1.165, 1.54) is 12.1 Å². The van der Waals surface area contributed by atoms with Crippen LogP contribution in [0.25, 0.3) is 0 Å². The molecule has 0 aliphatic rings. The Bertz CT molecular complexity index is 562. The predicted molar refractivity (Wildman–Crippen MR) is 77.5 cm³/mol. The van der Waals surface area contributed by atoms with Crippen LogP contribution in [0.1, 0.15) is 24.5 Å². The summed E-state index contributed by atoms with van der Waals surface area (Å²) < 4.78 is 27.2. The van der Waals surface area contributed by atoms with Crippen LogP contribution in [0.3, 0.4) is 0 Å². The van der Waals surface area contributed by atoms with Crippen LogP contribution in [0.4, 0.5) is 8.78 Å². The maximum Gasteiger partial charge on any atom is 0.126 e. The first-order valence-corrected chi connectivity index (χ1v) is 6.81. The second-order valence-corrected chi connectivity index (χ2v) is 5.12. The van der Waals surface area contributed by atoms with Crippen LogP contribution in [-0.4, -0.2) is 6.54 Å². The molecule has 0 radical (unpaired) electrons. The van der Waals surface area contributed by atoms with E-state index in [0.29, 0.717) is 18.5 Å². The lowest BCUT2D eigenvalue weighted by atomic mass is 9.73. The lowest BCUT2D eigenvalue weighted by Crippen LogP contribution is -2.37. The molecule has 0 heterocycles. The number of hydrogen-bond donors (Lipinski definition) is 1. The Hall–Kier alpha value is -1.74. The van der Waals surface area contributed by atoms with Gasteiger partial charge in [0.25, 0.3) is 0 Å². The first kappa shape index (κ1) is 14.7. The van der Waals surface area contributed by atoms with Gasteiger partial charge in [0.15, 0.2) is 0 Å². The molecule has 0 aromatic heterocycles. The summed E-state index contributed by atoms with van der Waals surface area (Å²) in [6.07, 6.45) is 1.16. The standard InChI is InChI=1S/C17H19F2N/c1-2-17(12-20,14-6-4-3-5-7-14)11-13-10-15(18)8-9-16(13)19/h3-10H,2,11-12,20H2,1H3. The summed E-state index contributed by atoms with van der Waals surface area (Å²) in [5, 5.41) is 0. The van der Waals surface area contributed by atoms with Crippen molar-refractivity contribution < 1.29 is 8.78 Å². The lowest BCUT2D eigenvalue weighted by Gasteiger charge is -2.32. The second-order valence-electron chi connectivity index (χ2n) is 5.12. The molecule has 0 bridgehead atoms. The number of nitrogens with two attached hydrogens (primary N) is 1. The van der Waals surface area contributed by atoms with Crippen molar-refractivity contribution in [3.63, 3.8) is 0 Å². The first-order valence-electron chi connectivity index (χ1n) is 6.81. The van der Waals surface area contributed by atoms with E-state index in [4.69, 9.17) is 5.73 Å². The highest BCUT2D eigenvalue weighted by Gasteiger charge is 2.30. The fourth-order valence-electron chi connectivity index (χ4n) is 2.60. The Kier molecular flexibility index (Phi) is 4.50. The average Bonchev–Trinajstić information content (AvgIpc) is 2.49. The average molecular weight is 275 g/mol. The zero-order chi connectivity index (χ0) is 14.6. The van der Waals surface area contributed by atoms with Gasteiger partial charge in [-0.05, 0) is 42.2 Å². The highest BCUT2D eigenvalue weighted by atomic mass is 19.1. The van der Waals surface area contributed by atoms with E-state index in [1.54, 1.807) is 0 Å². The van der Waals surface area contributed by atoms with Gasteiger partial charge in [-0.1, -0.05) is 37.3 Å². The Morgan fingerprint density at radius 3 is 2.35 bits per heavy atom. The Labute approximate surface area is 118 Å². The molecule has 2 aromatic carbocycles. The summed E-state index contributed by atoms with van der Waals surface area (Å²) in [5.74, 6) is -0.801. The van der Waals surface area contributed by atoms with Crippen molar-refractivity contribution in [2.45, 2.75) is 25.2 Å². The molecule has 1 nitrogen and oxygen atoms in total. The van der Waals surface area contributed by atoms with Gasteiger partial charge in [0.1, 0.15) is 11.6 Å². The largest absolute Gasteiger partial charge is 0.330 e. The zero-order valence-electron chi connectivity index (χ0n) is 11.6. The topological polar surface area (TPSA) is 26.0 Å². The van der Waals surface area contributed by atoms with Gasteiger partial charge in [-0.2, -0.15) is 0 Å². The fourth-order valence-corrected chi connectivity index (χ4v) is 2.60. The molecule has 1 unspecified atom stereocenters. The predicted octanol–water partition coefficient (Wildman–Crippen LogP) is 3.81. The van der Waals surface area contributed by atoms with Crippen LogP contribution in [0.15, 0.2) is 48.5 Å². The fraction of sp³-hybridized carbons (Fsp3) is 0.294. The first-order chi connectivity index (χ1) is 9.61. The normalized spacial score (nSPS) is 14.0. The maximum absolute atomic E-state index is 13.9. The van der Waals surface area contributed by atoms with Crippen molar-refractivity contribution in [3.05, 3.63) is 71.3 Å². The van der Waals surface area contributed by atoms with Crippen molar-refractivity contribution in [1.82, 2.24) is 0 Å². The summed E-state index contributed by atoms with van der Waals surface area (Å²) in [4.78, 5) is 0. The van der Waals surface area contributed by atoms with Gasteiger partial charge in [-0.25, -0.2) is 8.78 Å². The highest BCUT2D eigenvalue weighted by Crippen LogP contribution is 2.32. The third kappa shape index (κ3) is 2.88. The molecule has 0 fully saturated rings. The molecule has 1 atom stereocenters. The van der Waals surface area contributed by atoms with Crippen LogP contribution in [0.5, 0.6) is 0 Å². The smallest absolute Gasteiger partial charge is 0.126 e. The van der Waals surface area contributed by atoms with Crippen LogP contribution in [0.2, 0.25) is 0 Å². The van der Waals surface area contributed by atoms with E-state index in [9.17, 15) is 8.78 Å². The number of benzene rings is 2. The summed E-state index contributed by atoms with van der Waals surface area (Å²) in [5.41, 5.74) is 7.04. The monoisotopic (exact) mass is 275 g/mol. The van der Waals surface area contributed by atoms with Crippen molar-refractivity contribution >= 4 is 0 Å². The van der Waals surface area contributed by atoms with Gasteiger partial charge in [0.2, 0.25) is 0 Å². The van der Waals surface area contributed by atoms with Crippen LogP contribution >= 0.6 is 0 Å². The molecular formula is C17H19F2N. The molecule has 0 saturated carbocycles. The van der Waals surface area contributed by atoms with E-state index >= 15 is 0 Å². The van der Waals surface area contributed by atoms with Crippen LogP contribution in [-0.2, 0) is 11.8 Å². The van der Waals surface area contributed by atoms with Gasteiger partial charge in [-0.15, -0.1) is 0 Å². The summed E-state index contributed by atoms with van der Waals surface area (Å²) >= 11 is 0. The molecule has 106 valence electrons. The SMILES string of the molecule is CCC(CN)(Cc1cc(F)ccc1F)c1ccccc1. The molecule has 0 aliphatic carbocycles. The van der Waals surface area contributed by atoms with Gasteiger partial charge in [0.05, 0.1) is 0 Å². The molecule has 0 aliphatic heterocycles. The minimum Gasteiger partial charge on any atom is -0.330 e. The number of rotatable bonds is 5. The van der Waals surface area contributed by atoms with E-state index in [0.717, 1.165) is 18.1 Å². The second kappa shape index (κ2) is 6.14. The van der Waals surface area contributed by atoms with Gasteiger partial charge < -0.3 is 5.73 Å². The summed E-state index contributed by atoms with van der Waals surface area (Å²) in [7, 11) is 0. The van der Waals surface area contributed by atoms with Crippen LogP contribution in [0, 0.1) is 11.6 Å². The van der Waals surface area contributed by atoms with Gasteiger partial charge >= 0.3 is 0 Å².